The number of carboxylic acids is 1. The number of nitrogens with one attached hydrogen (secondary N) is 2. The Morgan fingerprint density at radius 2 is 1.78 bits per heavy atom. The Bertz CT molecular complexity index is 312. The number of halogens is 4. The molecule has 106 valence electrons. The summed E-state index contributed by atoms with van der Waals surface area (Å²) in [6, 6.07) is -1.96. The Labute approximate surface area is 101 Å². The number of carbonyl (C=O) groups excluding carboxylic acids is 1. The Balaban J connectivity index is 4.17. The van der Waals surface area contributed by atoms with E-state index in [1.807, 2.05) is 0 Å². The normalized spacial score (nSPS) is 15.1. The van der Waals surface area contributed by atoms with Crippen LogP contribution in [0.15, 0.2) is 0 Å². The van der Waals surface area contributed by atoms with E-state index in [1.54, 1.807) is 5.32 Å². The lowest BCUT2D eigenvalue weighted by Gasteiger charge is -2.20. The molecule has 0 fully saturated rings. The van der Waals surface area contributed by atoms with E-state index in [1.165, 1.54) is 13.8 Å². The van der Waals surface area contributed by atoms with E-state index in [9.17, 15) is 27.2 Å². The number of aliphatic carboxylic acids is 1. The average molecular weight is 274 g/mol. The Kier molecular flexibility index (Phi) is 5.86. The average Bonchev–Trinajstić information content (AvgIpc) is 2.24. The molecular formula is C9H14F4N2O3. The zero-order chi connectivity index (χ0) is 14.5. The SMILES string of the molecule is CC(NC(=O)NCC(F)(F)C(F)F)C(C)C(=O)O. The first kappa shape index (κ1) is 16.5. The number of hydrogen-bond donors (Lipinski definition) is 3. The van der Waals surface area contributed by atoms with Crippen molar-refractivity contribution in [2.24, 2.45) is 5.92 Å². The second kappa shape index (κ2) is 6.41. The molecule has 0 aromatic carbocycles. The number of amides is 2. The highest BCUT2D eigenvalue weighted by Crippen LogP contribution is 2.21. The Morgan fingerprint density at radius 3 is 2.17 bits per heavy atom. The van der Waals surface area contributed by atoms with E-state index >= 15 is 0 Å². The van der Waals surface area contributed by atoms with Crippen molar-refractivity contribution in [1.82, 2.24) is 10.6 Å². The van der Waals surface area contributed by atoms with Gasteiger partial charge in [-0.25, -0.2) is 13.6 Å². The standard InChI is InChI=1S/C9H14F4N2O3/c1-4(6(16)17)5(2)15-8(18)14-3-9(12,13)7(10)11/h4-5,7H,3H2,1-2H3,(H,16,17)(H2,14,15,18). The minimum Gasteiger partial charge on any atom is -0.481 e. The second-order valence-corrected chi connectivity index (χ2v) is 3.80. The van der Waals surface area contributed by atoms with Crippen molar-refractivity contribution in [3.05, 3.63) is 0 Å². The van der Waals surface area contributed by atoms with Crippen LogP contribution in [0.5, 0.6) is 0 Å². The highest BCUT2D eigenvalue weighted by molar-refractivity contribution is 5.76. The molecule has 0 aliphatic heterocycles. The summed E-state index contributed by atoms with van der Waals surface area (Å²) >= 11 is 0. The van der Waals surface area contributed by atoms with Crippen LogP contribution in [0.1, 0.15) is 13.8 Å². The van der Waals surface area contributed by atoms with Crippen molar-refractivity contribution >= 4 is 12.0 Å². The fraction of sp³-hybridized carbons (Fsp3) is 0.778. The monoisotopic (exact) mass is 274 g/mol. The molecule has 0 bridgehead atoms. The van der Waals surface area contributed by atoms with E-state index in [2.05, 4.69) is 5.32 Å². The van der Waals surface area contributed by atoms with Crippen LogP contribution < -0.4 is 10.6 Å². The van der Waals surface area contributed by atoms with Gasteiger partial charge in [0.2, 0.25) is 0 Å². The molecule has 0 saturated heterocycles. The summed E-state index contributed by atoms with van der Waals surface area (Å²) in [6.45, 7) is 1.13. The molecule has 0 saturated carbocycles. The van der Waals surface area contributed by atoms with Gasteiger partial charge in [0, 0.05) is 6.04 Å². The van der Waals surface area contributed by atoms with Crippen LogP contribution in [0.3, 0.4) is 0 Å². The Hall–Kier alpha value is -1.54. The number of carboxylic acid groups (broad SMARTS) is 1. The molecule has 5 nitrogen and oxygen atoms in total. The third-order valence-corrected chi connectivity index (χ3v) is 2.30. The third kappa shape index (κ3) is 5.19. The zero-order valence-electron chi connectivity index (χ0n) is 9.71. The molecule has 2 amide bonds. The van der Waals surface area contributed by atoms with Crippen LogP contribution in [0.4, 0.5) is 22.4 Å². The first-order chi connectivity index (χ1) is 8.08. The molecule has 0 heterocycles. The number of carbonyl (C=O) groups is 2. The van der Waals surface area contributed by atoms with E-state index in [0.29, 0.717) is 0 Å². The summed E-state index contributed by atoms with van der Waals surface area (Å²) < 4.78 is 48.4. The lowest BCUT2D eigenvalue weighted by atomic mass is 10.0. The minimum atomic E-state index is -4.32. The van der Waals surface area contributed by atoms with Gasteiger partial charge in [0.05, 0.1) is 12.5 Å². The summed E-state index contributed by atoms with van der Waals surface area (Å²) in [4.78, 5) is 21.6. The van der Waals surface area contributed by atoms with Gasteiger partial charge >= 0.3 is 24.3 Å². The maximum absolute atomic E-state index is 12.4. The molecular weight excluding hydrogens is 260 g/mol. The van der Waals surface area contributed by atoms with Crippen LogP contribution in [-0.2, 0) is 4.79 Å². The molecule has 2 atom stereocenters. The van der Waals surface area contributed by atoms with Gasteiger partial charge in [-0.15, -0.1) is 0 Å². The first-order valence-electron chi connectivity index (χ1n) is 5.01. The minimum absolute atomic E-state index is 0.831. The molecule has 0 aromatic rings. The molecule has 0 rings (SSSR count). The summed E-state index contributed by atoms with van der Waals surface area (Å²) in [5.74, 6) is -6.44. The lowest BCUT2D eigenvalue weighted by Crippen LogP contribution is -2.49. The van der Waals surface area contributed by atoms with Crippen molar-refractivity contribution in [3.8, 4) is 0 Å². The van der Waals surface area contributed by atoms with Gasteiger partial charge in [0.1, 0.15) is 0 Å². The van der Waals surface area contributed by atoms with E-state index in [0.717, 1.165) is 0 Å². The van der Waals surface area contributed by atoms with Crippen LogP contribution >= 0.6 is 0 Å². The quantitative estimate of drug-likeness (QED) is 0.639. The summed E-state index contributed by atoms with van der Waals surface area (Å²) in [5, 5.41) is 12.2. The molecule has 0 aromatic heterocycles. The largest absolute Gasteiger partial charge is 0.481 e. The van der Waals surface area contributed by atoms with E-state index < -0.39 is 42.9 Å². The molecule has 0 aliphatic carbocycles. The maximum atomic E-state index is 12.4. The van der Waals surface area contributed by atoms with Crippen molar-refractivity contribution in [2.45, 2.75) is 32.2 Å². The van der Waals surface area contributed by atoms with Gasteiger partial charge in [-0.3, -0.25) is 4.79 Å². The summed E-state index contributed by atoms with van der Waals surface area (Å²) in [5.41, 5.74) is 0. The van der Waals surface area contributed by atoms with Gasteiger partial charge < -0.3 is 15.7 Å². The third-order valence-electron chi connectivity index (χ3n) is 2.30. The van der Waals surface area contributed by atoms with E-state index in [4.69, 9.17) is 5.11 Å². The molecule has 2 unspecified atom stereocenters. The van der Waals surface area contributed by atoms with Gasteiger partial charge in [-0.2, -0.15) is 8.78 Å². The molecule has 3 N–H and O–H groups in total. The predicted octanol–water partition coefficient (Wildman–Crippen LogP) is 1.30. The fourth-order valence-corrected chi connectivity index (χ4v) is 0.872. The number of hydrogen-bond acceptors (Lipinski definition) is 2. The van der Waals surface area contributed by atoms with Crippen LogP contribution in [0.2, 0.25) is 0 Å². The number of rotatable bonds is 6. The Morgan fingerprint density at radius 1 is 1.28 bits per heavy atom. The van der Waals surface area contributed by atoms with Crippen molar-refractivity contribution in [2.75, 3.05) is 6.54 Å². The number of alkyl halides is 4. The van der Waals surface area contributed by atoms with Gasteiger partial charge in [-0.1, -0.05) is 0 Å². The molecule has 9 heteroatoms. The second-order valence-electron chi connectivity index (χ2n) is 3.80. The van der Waals surface area contributed by atoms with Gasteiger partial charge in [0.15, 0.2) is 0 Å². The molecule has 18 heavy (non-hydrogen) atoms. The molecule has 0 spiro atoms. The first-order valence-corrected chi connectivity index (χ1v) is 5.01. The number of urea groups is 1. The highest BCUT2D eigenvalue weighted by Gasteiger charge is 2.40. The van der Waals surface area contributed by atoms with Crippen LogP contribution in [0.25, 0.3) is 0 Å². The van der Waals surface area contributed by atoms with Crippen molar-refractivity contribution in [3.63, 3.8) is 0 Å². The zero-order valence-corrected chi connectivity index (χ0v) is 9.71. The topological polar surface area (TPSA) is 78.4 Å². The smallest absolute Gasteiger partial charge is 0.324 e. The maximum Gasteiger partial charge on any atom is 0.324 e. The molecule has 0 radical (unpaired) electrons. The van der Waals surface area contributed by atoms with Crippen LogP contribution in [0, 0.1) is 5.92 Å². The van der Waals surface area contributed by atoms with Gasteiger partial charge in [-0.05, 0) is 13.8 Å². The predicted molar refractivity (Wildman–Crippen MR) is 53.7 cm³/mol. The lowest BCUT2D eigenvalue weighted by molar-refractivity contribution is -0.141. The van der Waals surface area contributed by atoms with Crippen LogP contribution in [-0.4, -0.2) is 42.0 Å². The summed E-state index contributed by atoms with van der Waals surface area (Å²) in [7, 11) is 0. The van der Waals surface area contributed by atoms with Crippen molar-refractivity contribution in [1.29, 1.82) is 0 Å². The van der Waals surface area contributed by atoms with Gasteiger partial charge in [0.25, 0.3) is 0 Å². The summed E-state index contributed by atoms with van der Waals surface area (Å²) in [6.07, 6.45) is -3.88. The fourth-order valence-electron chi connectivity index (χ4n) is 0.872. The molecule has 0 aliphatic rings. The highest BCUT2D eigenvalue weighted by atomic mass is 19.3. The van der Waals surface area contributed by atoms with Crippen molar-refractivity contribution < 1.29 is 32.3 Å². The van der Waals surface area contributed by atoms with E-state index in [-0.39, 0.29) is 0 Å².